The SMILES string of the molecule is Cc1c(Br)c(=O)oc2c(C)c3c(cc12)CC(CBr)O3. The Kier molecular flexibility index (Phi) is 3.21. The standard InChI is InChI=1S/C14H12Br2O3/c1-6-10-4-8-3-9(5-15)18-12(8)7(2)13(10)19-14(17)11(6)16/h4,9H,3,5H2,1-2H3. The van der Waals surface area contributed by atoms with Gasteiger partial charge in [-0.05, 0) is 47.0 Å². The van der Waals surface area contributed by atoms with E-state index in [0.29, 0.717) is 10.1 Å². The van der Waals surface area contributed by atoms with Crippen LogP contribution in [-0.2, 0) is 6.42 Å². The fourth-order valence-corrected chi connectivity index (χ4v) is 3.18. The van der Waals surface area contributed by atoms with E-state index in [1.165, 1.54) is 5.56 Å². The van der Waals surface area contributed by atoms with Crippen molar-refractivity contribution in [3.8, 4) is 5.75 Å². The first kappa shape index (κ1) is 13.2. The van der Waals surface area contributed by atoms with Crippen LogP contribution in [0.3, 0.4) is 0 Å². The zero-order valence-electron chi connectivity index (χ0n) is 10.5. The van der Waals surface area contributed by atoms with Gasteiger partial charge in [-0.15, -0.1) is 0 Å². The number of aryl methyl sites for hydroxylation is 2. The van der Waals surface area contributed by atoms with Crippen molar-refractivity contribution in [2.45, 2.75) is 26.4 Å². The van der Waals surface area contributed by atoms with E-state index in [4.69, 9.17) is 9.15 Å². The van der Waals surface area contributed by atoms with Gasteiger partial charge in [0.25, 0.3) is 0 Å². The predicted octanol–water partition coefficient (Wildman–Crippen LogP) is 3.87. The van der Waals surface area contributed by atoms with Crippen molar-refractivity contribution in [3.63, 3.8) is 0 Å². The number of ether oxygens (including phenoxy) is 1. The zero-order chi connectivity index (χ0) is 13.7. The molecule has 1 unspecified atom stereocenters. The summed E-state index contributed by atoms with van der Waals surface area (Å²) < 4.78 is 11.8. The van der Waals surface area contributed by atoms with Crippen LogP contribution in [0.15, 0.2) is 19.8 Å². The maximum atomic E-state index is 11.8. The summed E-state index contributed by atoms with van der Waals surface area (Å²) in [4.78, 5) is 11.8. The highest BCUT2D eigenvalue weighted by atomic mass is 79.9. The molecule has 2 aromatic rings. The van der Waals surface area contributed by atoms with Gasteiger partial charge in [-0.3, -0.25) is 0 Å². The van der Waals surface area contributed by atoms with Crippen molar-refractivity contribution < 1.29 is 9.15 Å². The summed E-state index contributed by atoms with van der Waals surface area (Å²) in [5.41, 5.74) is 3.28. The van der Waals surface area contributed by atoms with E-state index < -0.39 is 0 Å². The number of benzene rings is 1. The Morgan fingerprint density at radius 1 is 1.37 bits per heavy atom. The minimum absolute atomic E-state index is 0.154. The highest BCUT2D eigenvalue weighted by Gasteiger charge is 2.26. The number of hydrogen-bond donors (Lipinski definition) is 0. The minimum Gasteiger partial charge on any atom is -0.489 e. The van der Waals surface area contributed by atoms with Gasteiger partial charge in [0.15, 0.2) is 0 Å². The molecule has 2 heterocycles. The van der Waals surface area contributed by atoms with Crippen molar-refractivity contribution in [2.75, 3.05) is 5.33 Å². The van der Waals surface area contributed by atoms with E-state index >= 15 is 0 Å². The first-order valence-corrected chi connectivity index (χ1v) is 7.92. The molecule has 0 amide bonds. The maximum Gasteiger partial charge on any atom is 0.350 e. The summed E-state index contributed by atoms with van der Waals surface area (Å²) >= 11 is 6.73. The summed E-state index contributed by atoms with van der Waals surface area (Å²) in [6.45, 7) is 3.86. The van der Waals surface area contributed by atoms with Gasteiger partial charge in [-0.1, -0.05) is 15.9 Å². The molecular formula is C14H12Br2O3. The van der Waals surface area contributed by atoms with Crippen LogP contribution in [0, 0.1) is 13.8 Å². The normalized spacial score (nSPS) is 17.6. The molecule has 0 fully saturated rings. The molecular weight excluding hydrogens is 376 g/mol. The van der Waals surface area contributed by atoms with E-state index in [0.717, 1.165) is 34.0 Å². The third kappa shape index (κ3) is 1.94. The quantitative estimate of drug-likeness (QED) is 0.550. The first-order chi connectivity index (χ1) is 9.02. The van der Waals surface area contributed by atoms with Crippen molar-refractivity contribution in [2.24, 2.45) is 0 Å². The Morgan fingerprint density at radius 2 is 2.11 bits per heavy atom. The number of hydrogen-bond acceptors (Lipinski definition) is 3. The van der Waals surface area contributed by atoms with Crippen LogP contribution in [0.4, 0.5) is 0 Å². The lowest BCUT2D eigenvalue weighted by atomic mass is 10.0. The van der Waals surface area contributed by atoms with Gasteiger partial charge in [0.2, 0.25) is 0 Å². The Balaban J connectivity index is 2.35. The lowest BCUT2D eigenvalue weighted by Crippen LogP contribution is -2.13. The molecule has 0 bridgehead atoms. The lowest BCUT2D eigenvalue weighted by Gasteiger charge is -2.10. The van der Waals surface area contributed by atoms with Crippen LogP contribution in [0.25, 0.3) is 11.0 Å². The van der Waals surface area contributed by atoms with Gasteiger partial charge >= 0.3 is 5.63 Å². The van der Waals surface area contributed by atoms with Gasteiger partial charge < -0.3 is 9.15 Å². The van der Waals surface area contributed by atoms with E-state index in [-0.39, 0.29) is 11.7 Å². The Morgan fingerprint density at radius 3 is 2.79 bits per heavy atom. The monoisotopic (exact) mass is 386 g/mol. The second kappa shape index (κ2) is 4.63. The number of halogens is 2. The summed E-state index contributed by atoms with van der Waals surface area (Å²) in [6, 6.07) is 2.07. The molecule has 1 aliphatic heterocycles. The summed E-state index contributed by atoms with van der Waals surface area (Å²) in [5.74, 6) is 0.863. The molecule has 0 radical (unpaired) electrons. The van der Waals surface area contributed by atoms with Crippen molar-refractivity contribution in [3.05, 3.63) is 37.6 Å². The number of fused-ring (bicyclic) bond motifs is 2. The molecule has 0 aliphatic carbocycles. The van der Waals surface area contributed by atoms with Crippen LogP contribution in [0.1, 0.15) is 16.7 Å². The molecule has 3 nitrogen and oxygen atoms in total. The van der Waals surface area contributed by atoms with Crippen LogP contribution < -0.4 is 10.4 Å². The van der Waals surface area contributed by atoms with Crippen LogP contribution in [0.2, 0.25) is 0 Å². The van der Waals surface area contributed by atoms with Gasteiger partial charge in [0, 0.05) is 22.7 Å². The topological polar surface area (TPSA) is 39.4 Å². The Bertz CT molecular complexity index is 734. The average molecular weight is 388 g/mol. The largest absolute Gasteiger partial charge is 0.489 e. The van der Waals surface area contributed by atoms with E-state index in [9.17, 15) is 4.79 Å². The third-order valence-corrected chi connectivity index (χ3v) is 5.19. The molecule has 5 heteroatoms. The smallest absolute Gasteiger partial charge is 0.350 e. The van der Waals surface area contributed by atoms with E-state index in [1.54, 1.807) is 0 Å². The van der Waals surface area contributed by atoms with E-state index in [1.807, 2.05) is 13.8 Å². The fraction of sp³-hybridized carbons (Fsp3) is 0.357. The molecule has 0 spiro atoms. The van der Waals surface area contributed by atoms with Crippen LogP contribution in [-0.4, -0.2) is 11.4 Å². The van der Waals surface area contributed by atoms with Gasteiger partial charge in [0.1, 0.15) is 21.9 Å². The molecule has 0 saturated heterocycles. The zero-order valence-corrected chi connectivity index (χ0v) is 13.7. The van der Waals surface area contributed by atoms with Crippen LogP contribution in [0.5, 0.6) is 5.75 Å². The molecule has 19 heavy (non-hydrogen) atoms. The Labute approximate surface area is 127 Å². The van der Waals surface area contributed by atoms with Crippen molar-refractivity contribution >= 4 is 42.8 Å². The second-order valence-electron chi connectivity index (χ2n) is 4.79. The average Bonchev–Trinajstić information content (AvgIpc) is 2.81. The summed E-state index contributed by atoms with van der Waals surface area (Å²) in [6.07, 6.45) is 1.04. The molecule has 100 valence electrons. The predicted molar refractivity (Wildman–Crippen MR) is 81.6 cm³/mol. The number of rotatable bonds is 1. The Hall–Kier alpha value is -0.810. The molecule has 1 aliphatic rings. The summed E-state index contributed by atoms with van der Waals surface area (Å²) in [7, 11) is 0. The third-order valence-electron chi connectivity index (χ3n) is 3.55. The van der Waals surface area contributed by atoms with Gasteiger partial charge in [-0.2, -0.15) is 0 Å². The first-order valence-electron chi connectivity index (χ1n) is 6.01. The number of alkyl halides is 1. The maximum absolute atomic E-state index is 11.8. The van der Waals surface area contributed by atoms with Crippen molar-refractivity contribution in [1.82, 2.24) is 0 Å². The van der Waals surface area contributed by atoms with Gasteiger partial charge in [0.05, 0.1) is 0 Å². The fourth-order valence-electron chi connectivity index (χ4n) is 2.53. The molecule has 1 atom stereocenters. The lowest BCUT2D eigenvalue weighted by molar-refractivity contribution is 0.259. The molecule has 1 aromatic heterocycles. The highest BCUT2D eigenvalue weighted by Crippen LogP contribution is 2.39. The molecule has 0 saturated carbocycles. The van der Waals surface area contributed by atoms with E-state index in [2.05, 4.69) is 37.9 Å². The van der Waals surface area contributed by atoms with Crippen molar-refractivity contribution in [1.29, 1.82) is 0 Å². The summed E-state index contributed by atoms with van der Waals surface area (Å²) in [5, 5.41) is 1.77. The molecule has 0 N–H and O–H groups in total. The van der Waals surface area contributed by atoms with Crippen LogP contribution >= 0.6 is 31.9 Å². The molecule has 1 aromatic carbocycles. The molecule has 3 rings (SSSR count). The minimum atomic E-state index is -0.344. The second-order valence-corrected chi connectivity index (χ2v) is 6.23. The highest BCUT2D eigenvalue weighted by molar-refractivity contribution is 9.10. The van der Waals surface area contributed by atoms with Gasteiger partial charge in [-0.25, -0.2) is 4.79 Å².